The molecule has 20 nitrogen and oxygen atoms in total. The molecular weight excluding hydrogens is 821 g/mol. The SMILES string of the molecule is C.C/C(=C/C(=O)NNc1ccccc1)C(=O)O.C=C(CC(=O)NNc1ccccc1)C(=O)O.O=C(O)/C=C\C(=O)NNc1ccccc1.O=C(O)CCC(=O)NNc1ccccc1. The van der Waals surface area contributed by atoms with E-state index in [1.54, 1.807) is 48.5 Å². The maximum atomic E-state index is 11.2. The van der Waals surface area contributed by atoms with Gasteiger partial charge in [0, 0.05) is 35.8 Å². The Hall–Kier alpha value is -8.94. The number of benzene rings is 4. The largest absolute Gasteiger partial charge is 0.481 e. The number of anilines is 4. The van der Waals surface area contributed by atoms with Crippen LogP contribution in [0.3, 0.4) is 0 Å². The minimum absolute atomic E-state index is 0. The fraction of sp³-hybridized carbons (Fsp3) is 0.116. The minimum atomic E-state index is -1.17. The van der Waals surface area contributed by atoms with Gasteiger partial charge in [-0.05, 0) is 55.5 Å². The van der Waals surface area contributed by atoms with E-state index < -0.39 is 41.6 Å². The van der Waals surface area contributed by atoms with E-state index >= 15 is 0 Å². The van der Waals surface area contributed by atoms with Crippen LogP contribution in [0.25, 0.3) is 0 Å². The quantitative estimate of drug-likeness (QED) is 0.0475. The molecule has 0 spiro atoms. The van der Waals surface area contributed by atoms with Crippen LogP contribution in [0.2, 0.25) is 0 Å². The number of hydrogen-bond acceptors (Lipinski definition) is 12. The molecule has 4 aromatic rings. The van der Waals surface area contributed by atoms with Gasteiger partial charge in [0.05, 0.1) is 35.6 Å². The number of hydrogen-bond donors (Lipinski definition) is 12. The molecule has 0 saturated heterocycles. The van der Waals surface area contributed by atoms with Gasteiger partial charge in [0.1, 0.15) is 0 Å². The first-order valence-corrected chi connectivity index (χ1v) is 17.9. The van der Waals surface area contributed by atoms with E-state index in [-0.39, 0.29) is 43.7 Å². The van der Waals surface area contributed by atoms with E-state index in [1.165, 1.54) is 6.92 Å². The summed E-state index contributed by atoms with van der Waals surface area (Å²) < 4.78 is 0. The topological polar surface area (TPSA) is 314 Å². The number of nitrogens with one attached hydrogen (secondary N) is 8. The van der Waals surface area contributed by atoms with E-state index in [2.05, 4.69) is 50.0 Å². The van der Waals surface area contributed by atoms with Gasteiger partial charge in [0.2, 0.25) is 11.8 Å². The van der Waals surface area contributed by atoms with Crippen LogP contribution >= 0.6 is 0 Å². The third-order valence-corrected chi connectivity index (χ3v) is 6.75. The number of amides is 4. The lowest BCUT2D eigenvalue weighted by molar-refractivity contribution is -0.138. The number of hydrazine groups is 4. The smallest absolute Gasteiger partial charge is 0.331 e. The number of para-hydroxylation sites is 4. The molecule has 0 heterocycles. The molecular formula is C43H50N8O12. The fourth-order valence-electron chi connectivity index (χ4n) is 3.72. The van der Waals surface area contributed by atoms with Crippen molar-refractivity contribution in [2.75, 3.05) is 21.7 Å². The average molecular weight is 871 g/mol. The number of rotatable bonds is 18. The summed E-state index contributed by atoms with van der Waals surface area (Å²) in [6.45, 7) is 4.61. The van der Waals surface area contributed by atoms with Gasteiger partial charge in [0.25, 0.3) is 11.8 Å². The highest BCUT2D eigenvalue weighted by molar-refractivity contribution is 5.97. The molecule has 0 aliphatic carbocycles. The maximum absolute atomic E-state index is 11.2. The van der Waals surface area contributed by atoms with E-state index in [0.717, 1.165) is 41.0 Å². The predicted octanol–water partition coefficient (Wildman–Crippen LogP) is 4.72. The predicted molar refractivity (Wildman–Crippen MR) is 236 cm³/mol. The number of carboxylic acid groups (broad SMARTS) is 4. The second-order valence-electron chi connectivity index (χ2n) is 11.8. The van der Waals surface area contributed by atoms with Crippen molar-refractivity contribution < 1.29 is 58.8 Å². The van der Waals surface area contributed by atoms with Gasteiger partial charge in [-0.1, -0.05) is 86.8 Å². The van der Waals surface area contributed by atoms with Crippen molar-refractivity contribution in [1.82, 2.24) is 21.7 Å². The van der Waals surface area contributed by atoms with Gasteiger partial charge < -0.3 is 20.4 Å². The molecule has 63 heavy (non-hydrogen) atoms. The van der Waals surface area contributed by atoms with Gasteiger partial charge in [-0.25, -0.2) is 14.4 Å². The van der Waals surface area contributed by atoms with Crippen LogP contribution in [-0.2, 0) is 38.4 Å². The summed E-state index contributed by atoms with van der Waals surface area (Å²) in [6.07, 6.45) is 2.27. The molecule has 0 saturated carbocycles. The van der Waals surface area contributed by atoms with Crippen LogP contribution in [0.15, 0.2) is 157 Å². The zero-order valence-electron chi connectivity index (χ0n) is 33.2. The summed E-state index contributed by atoms with van der Waals surface area (Å²) in [6, 6.07) is 36.1. The molecule has 20 heteroatoms. The molecule has 0 fully saturated rings. The van der Waals surface area contributed by atoms with Crippen LogP contribution < -0.4 is 43.4 Å². The Kier molecular flexibility index (Phi) is 27.4. The van der Waals surface area contributed by atoms with Gasteiger partial charge in [-0.3, -0.25) is 67.4 Å². The molecule has 0 aliphatic rings. The molecule has 0 aromatic heterocycles. The van der Waals surface area contributed by atoms with Crippen LogP contribution in [0.4, 0.5) is 22.7 Å². The highest BCUT2D eigenvalue weighted by Crippen LogP contribution is 2.06. The number of carbonyl (C=O) groups excluding carboxylic acids is 4. The maximum Gasteiger partial charge on any atom is 0.331 e. The normalized spacial score (nSPS) is 9.63. The average Bonchev–Trinajstić information content (AvgIpc) is 3.26. The summed E-state index contributed by atoms with van der Waals surface area (Å²) in [7, 11) is 0. The van der Waals surface area contributed by atoms with Crippen LogP contribution in [-0.4, -0.2) is 67.9 Å². The summed E-state index contributed by atoms with van der Waals surface area (Å²) in [5, 5.41) is 33.7. The van der Waals surface area contributed by atoms with Crippen molar-refractivity contribution in [1.29, 1.82) is 0 Å². The second kappa shape index (κ2) is 32.0. The van der Waals surface area contributed by atoms with E-state index in [0.29, 0.717) is 0 Å². The van der Waals surface area contributed by atoms with E-state index in [9.17, 15) is 38.4 Å². The van der Waals surface area contributed by atoms with Gasteiger partial charge in [0.15, 0.2) is 0 Å². The van der Waals surface area contributed by atoms with Gasteiger partial charge in [-0.2, -0.15) is 0 Å². The van der Waals surface area contributed by atoms with Gasteiger partial charge >= 0.3 is 23.9 Å². The number of carbonyl (C=O) groups is 8. The Morgan fingerprint density at radius 3 is 1.21 bits per heavy atom. The summed E-state index contributed by atoms with van der Waals surface area (Å²) in [5.74, 6) is -6.26. The van der Waals surface area contributed by atoms with Crippen molar-refractivity contribution >= 4 is 70.3 Å². The molecule has 4 aromatic carbocycles. The molecule has 12 N–H and O–H groups in total. The monoisotopic (exact) mass is 870 g/mol. The minimum Gasteiger partial charge on any atom is -0.481 e. The molecule has 0 radical (unpaired) electrons. The molecule has 0 aliphatic heterocycles. The van der Waals surface area contributed by atoms with Crippen molar-refractivity contribution in [3.63, 3.8) is 0 Å². The highest BCUT2D eigenvalue weighted by Gasteiger charge is 2.09. The van der Waals surface area contributed by atoms with Crippen LogP contribution in [0.1, 0.15) is 33.6 Å². The first-order valence-electron chi connectivity index (χ1n) is 17.9. The number of carboxylic acids is 4. The van der Waals surface area contributed by atoms with Crippen molar-refractivity contribution in [2.45, 2.75) is 33.6 Å². The lowest BCUT2D eigenvalue weighted by Crippen LogP contribution is -2.30. The van der Waals surface area contributed by atoms with E-state index in [1.807, 2.05) is 72.8 Å². The zero-order chi connectivity index (χ0) is 46.1. The number of aliphatic carboxylic acids is 4. The Bertz CT molecular complexity index is 2140. The lowest BCUT2D eigenvalue weighted by Gasteiger charge is -2.07. The standard InChI is InChI=1S/2C11H12N2O3.C10H12N2O3.C10H10N2O3.CH4/c2*1-8(11(15)16)7-10(14)13-12-9-5-3-2-4-6-9;2*13-9(6-7-10(14)15)12-11-8-4-2-1-3-5-8;/h2-7,12H,1H3,(H,13,14)(H,15,16);2-6,12H,1,7H2,(H,13,14)(H,15,16);1-5,11H,6-7H2,(H,12,13)(H,14,15);1-7,11H,(H,12,13)(H,14,15);1H4/b8-7-;;;7-6-;. The Labute approximate surface area is 362 Å². The first-order chi connectivity index (χ1) is 29.5. The highest BCUT2D eigenvalue weighted by atomic mass is 16.4. The zero-order valence-corrected chi connectivity index (χ0v) is 33.2. The summed E-state index contributed by atoms with van der Waals surface area (Å²) >= 11 is 0. The molecule has 0 bridgehead atoms. The molecule has 4 amide bonds. The molecule has 334 valence electrons. The van der Waals surface area contributed by atoms with Crippen molar-refractivity contribution in [3.05, 3.63) is 157 Å². The summed E-state index contributed by atoms with van der Waals surface area (Å²) in [5.41, 5.74) is 22.8. The van der Waals surface area contributed by atoms with Crippen LogP contribution in [0, 0.1) is 0 Å². The van der Waals surface area contributed by atoms with Gasteiger partial charge in [-0.15, -0.1) is 0 Å². The molecule has 0 atom stereocenters. The van der Waals surface area contributed by atoms with E-state index in [4.69, 9.17) is 20.4 Å². The Balaban J connectivity index is 0.000000810. The van der Waals surface area contributed by atoms with Crippen molar-refractivity contribution in [3.8, 4) is 0 Å². The molecule has 4 rings (SSSR count). The first kappa shape index (κ1) is 54.1. The fourth-order valence-corrected chi connectivity index (χ4v) is 3.72. The third-order valence-electron chi connectivity index (χ3n) is 6.75. The van der Waals surface area contributed by atoms with Crippen LogP contribution in [0.5, 0.6) is 0 Å². The Morgan fingerprint density at radius 2 is 0.857 bits per heavy atom. The second-order valence-corrected chi connectivity index (χ2v) is 11.8. The third kappa shape index (κ3) is 29.0. The lowest BCUT2D eigenvalue weighted by atomic mass is 10.2. The van der Waals surface area contributed by atoms with Crippen molar-refractivity contribution in [2.24, 2.45) is 0 Å². The Morgan fingerprint density at radius 1 is 0.492 bits per heavy atom. The summed E-state index contributed by atoms with van der Waals surface area (Å²) in [4.78, 5) is 85.7. The molecule has 0 unspecified atom stereocenters.